The number of ether oxygens (including phenoxy) is 2. The highest BCUT2D eigenvalue weighted by atomic mass is 16.5. The van der Waals surface area contributed by atoms with Gasteiger partial charge in [-0.1, -0.05) is 109 Å². The molecule has 2 amide bonds. The molecule has 0 radical (unpaired) electrons. The molecule has 246 valence electrons. The maximum atomic E-state index is 13.6. The molecule has 3 N–H and O–H groups in total. The van der Waals surface area contributed by atoms with Crippen molar-refractivity contribution in [3.05, 3.63) is 149 Å². The van der Waals surface area contributed by atoms with Crippen molar-refractivity contribution >= 4 is 17.7 Å². The number of hydrogen-bond donors (Lipinski definition) is 2. The number of para-hydroxylation sites is 1. The molecule has 1 fully saturated rings. The van der Waals surface area contributed by atoms with Gasteiger partial charge in [-0.05, 0) is 41.2 Å². The molecule has 0 saturated carbocycles. The van der Waals surface area contributed by atoms with Crippen LogP contribution in [0.3, 0.4) is 0 Å². The Kier molecular flexibility index (Phi) is 10.5. The minimum Gasteiger partial charge on any atom is -0.452 e. The summed E-state index contributed by atoms with van der Waals surface area (Å²) in [5.74, 6) is -0.130. The van der Waals surface area contributed by atoms with E-state index in [1.165, 1.54) is 12.0 Å². The van der Waals surface area contributed by atoms with E-state index in [1.807, 2.05) is 115 Å². The molecule has 0 unspecified atom stereocenters. The zero-order valence-electron chi connectivity index (χ0n) is 26.8. The van der Waals surface area contributed by atoms with E-state index in [1.54, 1.807) is 0 Å². The summed E-state index contributed by atoms with van der Waals surface area (Å²) in [6.07, 6.45) is 1.04. The highest BCUT2D eigenvalue weighted by Gasteiger charge is 2.39. The summed E-state index contributed by atoms with van der Waals surface area (Å²) in [4.78, 5) is 28.4. The second-order valence-electron chi connectivity index (χ2n) is 11.8. The molecule has 1 aliphatic rings. The molecule has 0 spiro atoms. The molecule has 1 aliphatic heterocycles. The summed E-state index contributed by atoms with van der Waals surface area (Å²) in [7, 11) is 1.31. The summed E-state index contributed by atoms with van der Waals surface area (Å²) in [5.41, 5.74) is 10.4. The number of nitrogens with one attached hydrogen (secondary N) is 1. The fourth-order valence-electron chi connectivity index (χ4n) is 6.27. The normalized spacial score (nSPS) is 16.7. The summed E-state index contributed by atoms with van der Waals surface area (Å²) in [6.45, 7) is 0.963. The third-order valence-corrected chi connectivity index (χ3v) is 8.63. The van der Waals surface area contributed by atoms with Gasteiger partial charge in [0.25, 0.3) is 0 Å². The third-order valence-electron chi connectivity index (χ3n) is 8.63. The van der Waals surface area contributed by atoms with Gasteiger partial charge in [0.05, 0.1) is 31.9 Å². The first-order valence-corrected chi connectivity index (χ1v) is 16.1. The monoisotopic (exact) mass is 645 g/mol. The van der Waals surface area contributed by atoms with Crippen LogP contribution in [0.1, 0.15) is 52.4 Å². The molecule has 10 nitrogen and oxygen atoms in total. The fraction of sp³-hybridized carbons (Fsp3) is 0.263. The van der Waals surface area contributed by atoms with Crippen LogP contribution in [0.4, 0.5) is 10.5 Å². The van der Waals surface area contributed by atoms with Gasteiger partial charge in [-0.25, -0.2) is 4.79 Å². The van der Waals surface area contributed by atoms with Gasteiger partial charge in [0, 0.05) is 12.5 Å². The van der Waals surface area contributed by atoms with Crippen molar-refractivity contribution < 1.29 is 23.5 Å². The second-order valence-corrected chi connectivity index (χ2v) is 11.8. The van der Waals surface area contributed by atoms with E-state index in [-0.39, 0.29) is 12.1 Å². The Morgan fingerprint density at radius 1 is 0.896 bits per heavy atom. The van der Waals surface area contributed by atoms with Crippen molar-refractivity contribution in [1.29, 1.82) is 0 Å². The van der Waals surface area contributed by atoms with Gasteiger partial charge in [0.15, 0.2) is 0 Å². The van der Waals surface area contributed by atoms with Crippen LogP contribution in [0, 0.1) is 0 Å². The molecule has 48 heavy (non-hydrogen) atoms. The highest BCUT2D eigenvalue weighted by Crippen LogP contribution is 2.36. The SMILES string of the molecule is COC(=O)N(c1ccccc1CC[C@@H]1CN[C@H](c2nnc(Cc3ccccc3)o2)CO1)[C@H](C(N)=O)C(c1ccccc1)c1ccccc1. The lowest BCUT2D eigenvalue weighted by atomic mass is 9.83. The summed E-state index contributed by atoms with van der Waals surface area (Å²) >= 11 is 0. The maximum Gasteiger partial charge on any atom is 0.414 e. The van der Waals surface area contributed by atoms with Crippen molar-refractivity contribution in [3.63, 3.8) is 0 Å². The van der Waals surface area contributed by atoms with Crippen LogP contribution in [-0.4, -0.2) is 54.6 Å². The number of rotatable bonds is 12. The average Bonchev–Trinajstić information content (AvgIpc) is 3.60. The number of nitrogens with two attached hydrogens (primary N) is 1. The van der Waals surface area contributed by atoms with Crippen LogP contribution in [-0.2, 0) is 27.1 Å². The summed E-state index contributed by atoms with van der Waals surface area (Å²) < 4.78 is 17.5. The standard InChI is InChI=1S/C38H39N5O5/c1-46-38(45)43(35(36(39)44)34(28-16-7-3-8-17-28)29-18-9-4-10-19-29)32-20-12-11-15-27(32)21-22-30-24-40-31(25-47-30)37-42-41-33(48-37)23-26-13-5-2-6-14-26/h2-20,30-31,34-35,40H,21-25H2,1H3,(H2,39,44)/t30-,31+,35+/m1/s1. The van der Waals surface area contributed by atoms with Gasteiger partial charge in [-0.15, -0.1) is 10.2 Å². The van der Waals surface area contributed by atoms with Gasteiger partial charge >= 0.3 is 6.09 Å². The Bertz CT molecular complexity index is 1740. The molecule has 2 heterocycles. The molecule has 0 bridgehead atoms. The van der Waals surface area contributed by atoms with Crippen LogP contribution in [0.5, 0.6) is 0 Å². The number of nitrogens with zero attached hydrogens (tertiary/aromatic N) is 3. The molecular weight excluding hydrogens is 606 g/mol. The van der Waals surface area contributed by atoms with E-state index in [4.69, 9.17) is 19.6 Å². The van der Waals surface area contributed by atoms with Crippen LogP contribution in [0.25, 0.3) is 0 Å². The molecule has 3 atom stereocenters. The van der Waals surface area contributed by atoms with Crippen LogP contribution in [0.15, 0.2) is 120 Å². The Morgan fingerprint density at radius 3 is 2.12 bits per heavy atom. The van der Waals surface area contributed by atoms with Gasteiger partial charge in [-0.2, -0.15) is 0 Å². The van der Waals surface area contributed by atoms with Crippen molar-refractivity contribution in [1.82, 2.24) is 15.5 Å². The van der Waals surface area contributed by atoms with Crippen molar-refractivity contribution in [2.75, 3.05) is 25.2 Å². The largest absolute Gasteiger partial charge is 0.452 e. The Balaban J connectivity index is 1.18. The van der Waals surface area contributed by atoms with Crippen LogP contribution < -0.4 is 16.0 Å². The molecule has 4 aromatic carbocycles. The maximum absolute atomic E-state index is 13.6. The Labute approximate surface area is 279 Å². The first-order chi connectivity index (χ1) is 23.5. The van der Waals surface area contributed by atoms with E-state index in [0.717, 1.165) is 22.3 Å². The number of aryl methyl sites for hydroxylation is 1. The van der Waals surface area contributed by atoms with E-state index >= 15 is 0 Å². The van der Waals surface area contributed by atoms with E-state index in [9.17, 15) is 9.59 Å². The van der Waals surface area contributed by atoms with Crippen LogP contribution in [0.2, 0.25) is 0 Å². The predicted molar refractivity (Wildman–Crippen MR) is 181 cm³/mol. The number of morpholine rings is 1. The summed E-state index contributed by atoms with van der Waals surface area (Å²) in [5, 5.41) is 12.0. The van der Waals surface area contributed by atoms with Gasteiger partial charge in [-0.3, -0.25) is 9.69 Å². The van der Waals surface area contributed by atoms with Gasteiger partial charge < -0.3 is 24.9 Å². The topological polar surface area (TPSA) is 133 Å². The summed E-state index contributed by atoms with van der Waals surface area (Å²) in [6, 6.07) is 35.5. The lowest BCUT2D eigenvalue weighted by Crippen LogP contribution is -2.52. The van der Waals surface area contributed by atoms with Crippen molar-refractivity contribution in [2.45, 2.75) is 43.4 Å². The van der Waals surface area contributed by atoms with E-state index in [2.05, 4.69) is 15.5 Å². The van der Waals surface area contributed by atoms with Crippen molar-refractivity contribution in [2.24, 2.45) is 5.73 Å². The molecule has 10 heteroatoms. The van der Waals surface area contributed by atoms with Crippen LogP contribution >= 0.6 is 0 Å². The molecule has 5 aromatic rings. The number of primary amides is 1. The fourth-order valence-corrected chi connectivity index (χ4v) is 6.27. The lowest BCUT2D eigenvalue weighted by molar-refractivity contribution is -0.119. The Hall–Kier alpha value is -5.32. The number of hydrogen-bond acceptors (Lipinski definition) is 8. The third kappa shape index (κ3) is 7.62. The quantitative estimate of drug-likeness (QED) is 0.180. The van der Waals surface area contributed by atoms with Crippen molar-refractivity contribution in [3.8, 4) is 0 Å². The lowest BCUT2D eigenvalue weighted by Gasteiger charge is -2.36. The average molecular weight is 646 g/mol. The minimum absolute atomic E-state index is 0.0964. The minimum atomic E-state index is -1.07. The predicted octanol–water partition coefficient (Wildman–Crippen LogP) is 5.58. The molecule has 0 aliphatic carbocycles. The number of benzene rings is 4. The zero-order valence-corrected chi connectivity index (χ0v) is 26.8. The number of amides is 2. The number of anilines is 1. The zero-order chi connectivity index (χ0) is 33.3. The van der Waals surface area contributed by atoms with E-state index in [0.29, 0.717) is 49.9 Å². The van der Waals surface area contributed by atoms with Gasteiger partial charge in [0.1, 0.15) is 12.1 Å². The first kappa shape index (κ1) is 32.6. The molecule has 1 saturated heterocycles. The molecule has 6 rings (SSSR count). The van der Waals surface area contributed by atoms with E-state index < -0.39 is 24.0 Å². The number of carbonyl (C=O) groups excluding carboxylic acids is 2. The first-order valence-electron chi connectivity index (χ1n) is 16.1. The second kappa shape index (κ2) is 15.5. The smallest absolute Gasteiger partial charge is 0.414 e. The molecule has 1 aromatic heterocycles. The highest BCUT2D eigenvalue weighted by molar-refractivity contribution is 5.98. The number of methoxy groups -OCH3 is 1. The number of aromatic nitrogens is 2. The number of carbonyl (C=O) groups is 2. The van der Waals surface area contributed by atoms with Gasteiger partial charge in [0.2, 0.25) is 17.7 Å². The molecular formula is C38H39N5O5. The Morgan fingerprint density at radius 2 is 1.52 bits per heavy atom.